The van der Waals surface area contributed by atoms with E-state index in [1.807, 2.05) is 0 Å². The molecule has 0 spiro atoms. The summed E-state index contributed by atoms with van der Waals surface area (Å²) in [5.41, 5.74) is 1.79. The third-order valence-corrected chi connectivity index (χ3v) is 4.77. The van der Waals surface area contributed by atoms with Crippen molar-refractivity contribution in [1.82, 2.24) is 10.2 Å². The molecule has 1 atom stereocenters. The van der Waals surface area contributed by atoms with E-state index in [0.29, 0.717) is 11.6 Å². The lowest BCUT2D eigenvalue weighted by molar-refractivity contribution is 0.0833. The van der Waals surface area contributed by atoms with E-state index in [2.05, 4.69) is 61.3 Å². The van der Waals surface area contributed by atoms with Crippen molar-refractivity contribution in [3.05, 3.63) is 35.9 Å². The number of rotatable bonds is 5. The average Bonchev–Trinajstić information content (AvgIpc) is 2.49. The first kappa shape index (κ1) is 14.5. The van der Waals surface area contributed by atoms with Crippen LogP contribution in [0, 0.1) is 0 Å². The fraction of sp³-hybridized carbons (Fsp3) is 0.647. The molecule has 1 aromatic rings. The normalized spacial score (nSPS) is 21.2. The Morgan fingerprint density at radius 3 is 2.42 bits per heavy atom. The van der Waals surface area contributed by atoms with Gasteiger partial charge < -0.3 is 5.32 Å². The van der Waals surface area contributed by atoms with E-state index in [9.17, 15) is 0 Å². The van der Waals surface area contributed by atoms with Gasteiger partial charge >= 0.3 is 0 Å². The summed E-state index contributed by atoms with van der Waals surface area (Å²) in [6.07, 6.45) is 3.62. The Morgan fingerprint density at radius 1 is 1.16 bits per heavy atom. The lowest BCUT2D eigenvalue weighted by Gasteiger charge is -2.46. The minimum Gasteiger partial charge on any atom is -0.309 e. The minimum atomic E-state index is 0.320. The standard InChI is InChI=1S/C17H28N2/c1-4-16(15-10-8-7-9-11-15)19-13-12-18-17(5-2,6-3)14-19/h7-11,16,18H,4-6,12-14H2,1-3H3. The smallest absolute Gasteiger partial charge is 0.0346 e. The molecule has 0 radical (unpaired) electrons. The van der Waals surface area contributed by atoms with Gasteiger partial charge in [-0.05, 0) is 24.8 Å². The summed E-state index contributed by atoms with van der Waals surface area (Å²) >= 11 is 0. The van der Waals surface area contributed by atoms with Gasteiger partial charge in [-0.1, -0.05) is 51.1 Å². The highest BCUT2D eigenvalue weighted by Gasteiger charge is 2.34. The van der Waals surface area contributed by atoms with Gasteiger partial charge in [0.2, 0.25) is 0 Å². The summed E-state index contributed by atoms with van der Waals surface area (Å²) in [4.78, 5) is 2.68. The van der Waals surface area contributed by atoms with Crippen LogP contribution in [0.1, 0.15) is 51.6 Å². The van der Waals surface area contributed by atoms with E-state index in [0.717, 1.165) is 13.1 Å². The largest absolute Gasteiger partial charge is 0.309 e. The topological polar surface area (TPSA) is 15.3 Å². The van der Waals surface area contributed by atoms with Gasteiger partial charge in [0, 0.05) is 31.2 Å². The van der Waals surface area contributed by atoms with E-state index < -0.39 is 0 Å². The molecule has 1 fully saturated rings. The number of hydrogen-bond donors (Lipinski definition) is 1. The molecule has 1 heterocycles. The number of nitrogens with zero attached hydrogens (tertiary/aromatic N) is 1. The van der Waals surface area contributed by atoms with Crippen molar-refractivity contribution < 1.29 is 0 Å². The molecule has 19 heavy (non-hydrogen) atoms. The Bertz CT molecular complexity index is 370. The van der Waals surface area contributed by atoms with Crippen LogP contribution in [0.5, 0.6) is 0 Å². The van der Waals surface area contributed by atoms with Crippen LogP contribution in [0.3, 0.4) is 0 Å². The molecule has 1 N–H and O–H groups in total. The molecule has 1 saturated heterocycles. The van der Waals surface area contributed by atoms with E-state index in [1.165, 1.54) is 31.4 Å². The molecule has 2 rings (SSSR count). The molecule has 2 heteroatoms. The molecular weight excluding hydrogens is 232 g/mol. The van der Waals surface area contributed by atoms with Crippen LogP contribution in [-0.4, -0.2) is 30.1 Å². The highest BCUT2D eigenvalue weighted by Crippen LogP contribution is 2.29. The summed E-state index contributed by atoms with van der Waals surface area (Å²) in [6.45, 7) is 10.4. The van der Waals surface area contributed by atoms with Crippen LogP contribution < -0.4 is 5.32 Å². The minimum absolute atomic E-state index is 0.320. The van der Waals surface area contributed by atoms with Crippen LogP contribution in [0.25, 0.3) is 0 Å². The maximum absolute atomic E-state index is 3.75. The van der Waals surface area contributed by atoms with Crippen LogP contribution in [0.15, 0.2) is 30.3 Å². The zero-order chi connectivity index (χ0) is 13.7. The highest BCUT2D eigenvalue weighted by atomic mass is 15.2. The second kappa shape index (κ2) is 6.53. The van der Waals surface area contributed by atoms with Gasteiger partial charge in [-0.25, -0.2) is 0 Å². The highest BCUT2D eigenvalue weighted by molar-refractivity contribution is 5.19. The maximum atomic E-state index is 3.75. The molecule has 2 nitrogen and oxygen atoms in total. The molecule has 1 aliphatic rings. The molecule has 1 unspecified atom stereocenters. The van der Waals surface area contributed by atoms with Gasteiger partial charge in [0.25, 0.3) is 0 Å². The van der Waals surface area contributed by atoms with Gasteiger partial charge in [0.1, 0.15) is 0 Å². The summed E-state index contributed by atoms with van der Waals surface area (Å²) in [6, 6.07) is 11.5. The Hall–Kier alpha value is -0.860. The first-order valence-electron chi connectivity index (χ1n) is 7.78. The van der Waals surface area contributed by atoms with E-state index in [4.69, 9.17) is 0 Å². The van der Waals surface area contributed by atoms with E-state index in [-0.39, 0.29) is 0 Å². The van der Waals surface area contributed by atoms with Crippen molar-refractivity contribution in [2.75, 3.05) is 19.6 Å². The van der Waals surface area contributed by atoms with Gasteiger partial charge in [-0.15, -0.1) is 0 Å². The van der Waals surface area contributed by atoms with Gasteiger partial charge in [-0.2, -0.15) is 0 Å². The van der Waals surface area contributed by atoms with Crippen molar-refractivity contribution in [1.29, 1.82) is 0 Å². The molecule has 0 amide bonds. The van der Waals surface area contributed by atoms with E-state index in [1.54, 1.807) is 0 Å². The fourth-order valence-electron chi connectivity index (χ4n) is 3.36. The third-order valence-electron chi connectivity index (χ3n) is 4.77. The quantitative estimate of drug-likeness (QED) is 0.870. The summed E-state index contributed by atoms with van der Waals surface area (Å²) in [5, 5.41) is 3.75. The number of piperazine rings is 1. The SMILES string of the molecule is CCC(c1ccccc1)N1CCNC(CC)(CC)C1. The van der Waals surface area contributed by atoms with Crippen molar-refractivity contribution in [3.63, 3.8) is 0 Å². The fourth-order valence-corrected chi connectivity index (χ4v) is 3.36. The zero-order valence-corrected chi connectivity index (χ0v) is 12.7. The summed E-state index contributed by atoms with van der Waals surface area (Å²) < 4.78 is 0. The van der Waals surface area contributed by atoms with Crippen molar-refractivity contribution in [3.8, 4) is 0 Å². The Labute approximate surface area is 118 Å². The Kier molecular flexibility index (Phi) is 5.00. The number of hydrogen-bond acceptors (Lipinski definition) is 2. The van der Waals surface area contributed by atoms with Gasteiger partial charge in [0.15, 0.2) is 0 Å². The average molecular weight is 260 g/mol. The van der Waals surface area contributed by atoms with E-state index >= 15 is 0 Å². The number of benzene rings is 1. The second-order valence-electron chi connectivity index (χ2n) is 5.72. The molecule has 0 aliphatic carbocycles. The van der Waals surface area contributed by atoms with Crippen molar-refractivity contribution in [2.24, 2.45) is 0 Å². The summed E-state index contributed by atoms with van der Waals surface area (Å²) in [7, 11) is 0. The summed E-state index contributed by atoms with van der Waals surface area (Å²) in [5.74, 6) is 0. The van der Waals surface area contributed by atoms with Crippen molar-refractivity contribution in [2.45, 2.75) is 51.6 Å². The lowest BCUT2D eigenvalue weighted by atomic mass is 9.88. The first-order chi connectivity index (χ1) is 9.24. The molecule has 1 aromatic carbocycles. The third kappa shape index (κ3) is 3.18. The second-order valence-corrected chi connectivity index (χ2v) is 5.72. The van der Waals surface area contributed by atoms with Crippen LogP contribution in [0.4, 0.5) is 0 Å². The first-order valence-corrected chi connectivity index (χ1v) is 7.78. The Balaban J connectivity index is 2.15. The van der Waals surface area contributed by atoms with Crippen LogP contribution in [-0.2, 0) is 0 Å². The zero-order valence-electron chi connectivity index (χ0n) is 12.7. The van der Waals surface area contributed by atoms with Gasteiger partial charge in [0.05, 0.1) is 0 Å². The lowest BCUT2D eigenvalue weighted by Crippen LogP contribution is -2.60. The molecule has 0 aromatic heterocycles. The Morgan fingerprint density at radius 2 is 1.84 bits per heavy atom. The number of nitrogens with one attached hydrogen (secondary N) is 1. The predicted octanol–water partition coefficient (Wildman–Crippen LogP) is 3.60. The van der Waals surface area contributed by atoms with Crippen molar-refractivity contribution >= 4 is 0 Å². The van der Waals surface area contributed by atoms with Crippen LogP contribution >= 0.6 is 0 Å². The molecule has 106 valence electrons. The van der Waals surface area contributed by atoms with Gasteiger partial charge in [-0.3, -0.25) is 4.90 Å². The maximum Gasteiger partial charge on any atom is 0.0346 e. The monoisotopic (exact) mass is 260 g/mol. The molecule has 0 saturated carbocycles. The molecule has 0 bridgehead atoms. The predicted molar refractivity (Wildman–Crippen MR) is 82.4 cm³/mol. The molecule has 1 aliphatic heterocycles. The molecular formula is C17H28N2. The van der Waals surface area contributed by atoms with Crippen LogP contribution in [0.2, 0.25) is 0 Å².